The number of hydrogen-bond acceptors (Lipinski definition) is 5. The fourth-order valence-corrected chi connectivity index (χ4v) is 3.31. The number of hydrogen-bond donors (Lipinski definition) is 1. The first-order valence-electron chi connectivity index (χ1n) is 8.88. The van der Waals surface area contributed by atoms with Crippen molar-refractivity contribution in [2.75, 3.05) is 18.5 Å². The molecule has 0 saturated carbocycles. The topological polar surface area (TPSA) is 75.2 Å². The van der Waals surface area contributed by atoms with Crippen LogP contribution in [0.3, 0.4) is 0 Å². The second-order valence-electron chi connectivity index (χ2n) is 6.93. The SMILES string of the molecule is CC(C)c1cnc(-c2ccc3cc(C#N)cnn23)cc1N[C@H]1CCOC1. The number of aromatic nitrogens is 3. The Bertz CT molecular complexity index is 980. The molecule has 1 saturated heterocycles. The lowest BCUT2D eigenvalue weighted by Gasteiger charge is -2.19. The average molecular weight is 347 g/mol. The van der Waals surface area contributed by atoms with Crippen LogP contribution in [0.25, 0.3) is 16.9 Å². The predicted octanol–water partition coefficient (Wildman–Crippen LogP) is 3.59. The third kappa shape index (κ3) is 3.02. The van der Waals surface area contributed by atoms with Crippen LogP contribution in [-0.2, 0) is 4.74 Å². The molecule has 0 amide bonds. The highest BCUT2D eigenvalue weighted by molar-refractivity contribution is 5.69. The molecule has 26 heavy (non-hydrogen) atoms. The molecule has 132 valence electrons. The van der Waals surface area contributed by atoms with Crippen molar-refractivity contribution in [2.45, 2.75) is 32.2 Å². The molecule has 1 fully saturated rings. The van der Waals surface area contributed by atoms with Gasteiger partial charge in [-0.2, -0.15) is 10.4 Å². The van der Waals surface area contributed by atoms with Crippen LogP contribution >= 0.6 is 0 Å². The Morgan fingerprint density at radius 1 is 1.31 bits per heavy atom. The average Bonchev–Trinajstić information content (AvgIpc) is 3.30. The van der Waals surface area contributed by atoms with E-state index in [0.29, 0.717) is 17.5 Å². The van der Waals surface area contributed by atoms with Gasteiger partial charge in [0.15, 0.2) is 0 Å². The van der Waals surface area contributed by atoms with Crippen molar-refractivity contribution in [3.05, 3.63) is 47.8 Å². The number of pyridine rings is 1. The Kier molecular flexibility index (Phi) is 4.31. The third-order valence-electron chi connectivity index (χ3n) is 4.74. The van der Waals surface area contributed by atoms with E-state index in [1.54, 1.807) is 6.20 Å². The first-order chi connectivity index (χ1) is 12.7. The largest absolute Gasteiger partial charge is 0.380 e. The summed E-state index contributed by atoms with van der Waals surface area (Å²) >= 11 is 0. The Morgan fingerprint density at radius 2 is 2.19 bits per heavy atom. The second-order valence-corrected chi connectivity index (χ2v) is 6.93. The van der Waals surface area contributed by atoms with Gasteiger partial charge in [0.05, 0.1) is 41.3 Å². The molecule has 3 aromatic heterocycles. The Balaban J connectivity index is 1.76. The number of fused-ring (bicyclic) bond motifs is 1. The van der Waals surface area contributed by atoms with Crippen LogP contribution in [0.4, 0.5) is 5.69 Å². The van der Waals surface area contributed by atoms with Gasteiger partial charge in [0.25, 0.3) is 0 Å². The van der Waals surface area contributed by atoms with Crippen molar-refractivity contribution >= 4 is 11.2 Å². The summed E-state index contributed by atoms with van der Waals surface area (Å²) in [5, 5.41) is 17.1. The predicted molar refractivity (Wildman–Crippen MR) is 100 cm³/mol. The minimum Gasteiger partial charge on any atom is -0.380 e. The molecule has 0 radical (unpaired) electrons. The lowest BCUT2D eigenvalue weighted by atomic mass is 10.0. The summed E-state index contributed by atoms with van der Waals surface area (Å²) in [6.45, 7) is 5.89. The molecule has 0 aromatic carbocycles. The van der Waals surface area contributed by atoms with Crippen LogP contribution < -0.4 is 5.32 Å². The van der Waals surface area contributed by atoms with Crippen molar-refractivity contribution in [1.29, 1.82) is 5.26 Å². The summed E-state index contributed by atoms with van der Waals surface area (Å²) in [7, 11) is 0. The fourth-order valence-electron chi connectivity index (χ4n) is 3.31. The summed E-state index contributed by atoms with van der Waals surface area (Å²) in [5.74, 6) is 0.377. The molecule has 1 aliphatic rings. The van der Waals surface area contributed by atoms with Gasteiger partial charge < -0.3 is 10.1 Å². The number of nitrogens with one attached hydrogen (secondary N) is 1. The number of anilines is 1. The number of rotatable bonds is 4. The van der Waals surface area contributed by atoms with Crippen molar-refractivity contribution in [2.24, 2.45) is 0 Å². The van der Waals surface area contributed by atoms with Crippen LogP contribution in [0, 0.1) is 11.3 Å². The molecule has 6 nitrogen and oxygen atoms in total. The fraction of sp³-hybridized carbons (Fsp3) is 0.350. The van der Waals surface area contributed by atoms with Crippen molar-refractivity contribution in [3.63, 3.8) is 0 Å². The number of nitrogens with zero attached hydrogens (tertiary/aromatic N) is 4. The first-order valence-corrected chi connectivity index (χ1v) is 8.88. The normalized spacial score (nSPS) is 16.9. The third-order valence-corrected chi connectivity index (χ3v) is 4.74. The van der Waals surface area contributed by atoms with Gasteiger partial charge in [0.2, 0.25) is 0 Å². The molecule has 1 N–H and O–H groups in total. The first kappa shape index (κ1) is 16.6. The lowest BCUT2D eigenvalue weighted by molar-refractivity contribution is 0.195. The van der Waals surface area contributed by atoms with Crippen LogP contribution in [-0.4, -0.2) is 33.9 Å². The molecule has 1 atom stereocenters. The van der Waals surface area contributed by atoms with E-state index in [-0.39, 0.29) is 0 Å². The molecule has 4 heterocycles. The summed E-state index contributed by atoms with van der Waals surface area (Å²) in [6, 6.07) is 10.3. The summed E-state index contributed by atoms with van der Waals surface area (Å²) in [5.41, 5.74) is 5.49. The maximum absolute atomic E-state index is 9.05. The number of ether oxygens (including phenoxy) is 1. The zero-order chi connectivity index (χ0) is 18.1. The number of nitriles is 1. The summed E-state index contributed by atoms with van der Waals surface area (Å²) in [6.07, 6.45) is 4.54. The maximum atomic E-state index is 9.05. The van der Waals surface area contributed by atoms with E-state index >= 15 is 0 Å². The zero-order valence-electron chi connectivity index (χ0n) is 14.9. The van der Waals surface area contributed by atoms with Crippen molar-refractivity contribution < 1.29 is 4.74 Å². The molecule has 4 rings (SSSR count). The van der Waals surface area contributed by atoms with Crippen LogP contribution in [0.5, 0.6) is 0 Å². The van der Waals surface area contributed by atoms with Gasteiger partial charge in [-0.25, -0.2) is 4.52 Å². The van der Waals surface area contributed by atoms with E-state index in [9.17, 15) is 0 Å². The Morgan fingerprint density at radius 3 is 2.92 bits per heavy atom. The van der Waals surface area contributed by atoms with Gasteiger partial charge >= 0.3 is 0 Å². The summed E-state index contributed by atoms with van der Waals surface area (Å²) in [4.78, 5) is 4.67. The van der Waals surface area contributed by atoms with Crippen molar-refractivity contribution in [1.82, 2.24) is 14.6 Å². The van der Waals surface area contributed by atoms with Crippen molar-refractivity contribution in [3.8, 4) is 17.5 Å². The van der Waals surface area contributed by atoms with E-state index in [4.69, 9.17) is 10.00 Å². The van der Waals surface area contributed by atoms with E-state index < -0.39 is 0 Å². The van der Waals surface area contributed by atoms with Crippen LogP contribution in [0.1, 0.15) is 37.3 Å². The van der Waals surface area contributed by atoms with Gasteiger partial charge in [-0.05, 0) is 42.2 Å². The monoisotopic (exact) mass is 347 g/mol. The van der Waals surface area contributed by atoms with Crippen LogP contribution in [0.15, 0.2) is 36.7 Å². The van der Waals surface area contributed by atoms with E-state index in [1.807, 2.05) is 28.9 Å². The minimum absolute atomic E-state index is 0.336. The molecule has 0 spiro atoms. The highest BCUT2D eigenvalue weighted by Gasteiger charge is 2.19. The maximum Gasteiger partial charge on any atom is 0.101 e. The smallest absolute Gasteiger partial charge is 0.101 e. The summed E-state index contributed by atoms with van der Waals surface area (Å²) < 4.78 is 7.31. The molecule has 0 bridgehead atoms. The van der Waals surface area contributed by atoms with E-state index in [2.05, 4.69) is 41.4 Å². The highest BCUT2D eigenvalue weighted by atomic mass is 16.5. The second kappa shape index (κ2) is 6.77. The van der Waals surface area contributed by atoms with Crippen LogP contribution in [0.2, 0.25) is 0 Å². The molecular formula is C20H21N5O. The van der Waals surface area contributed by atoms with Gasteiger partial charge in [-0.1, -0.05) is 13.8 Å². The molecule has 3 aromatic rings. The highest BCUT2D eigenvalue weighted by Crippen LogP contribution is 2.30. The van der Waals surface area contributed by atoms with E-state index in [0.717, 1.165) is 42.2 Å². The Labute approximate surface area is 152 Å². The van der Waals surface area contributed by atoms with Gasteiger partial charge in [0.1, 0.15) is 6.07 Å². The molecule has 0 aliphatic carbocycles. The Hall–Kier alpha value is -2.91. The standard InChI is InChI=1S/C20H21N5O/c1-13(2)17-11-22-19(8-18(17)24-15-5-6-26-12-15)20-4-3-16-7-14(9-21)10-23-25(16)20/h3-4,7-8,10-11,13,15H,5-6,12H2,1-2H3,(H,22,24)/t15-/m0/s1. The lowest BCUT2D eigenvalue weighted by Crippen LogP contribution is -2.20. The van der Waals surface area contributed by atoms with Gasteiger partial charge in [-0.3, -0.25) is 4.98 Å². The molecule has 1 aliphatic heterocycles. The quantitative estimate of drug-likeness (QED) is 0.780. The molecule has 0 unspecified atom stereocenters. The van der Waals surface area contributed by atoms with Gasteiger partial charge in [-0.15, -0.1) is 0 Å². The molecule has 6 heteroatoms. The zero-order valence-corrected chi connectivity index (χ0v) is 14.9. The van der Waals surface area contributed by atoms with E-state index in [1.165, 1.54) is 5.56 Å². The molecular weight excluding hydrogens is 326 g/mol. The minimum atomic E-state index is 0.336. The van der Waals surface area contributed by atoms with Gasteiger partial charge in [0, 0.05) is 18.5 Å².